The fourth-order valence-corrected chi connectivity index (χ4v) is 1.45. The second-order valence-corrected chi connectivity index (χ2v) is 3.67. The monoisotopic (exact) mass is 247 g/mol. The zero-order valence-electron chi connectivity index (χ0n) is 10.1. The van der Waals surface area contributed by atoms with Gasteiger partial charge in [0.2, 0.25) is 5.88 Å². The second-order valence-electron chi connectivity index (χ2n) is 3.67. The van der Waals surface area contributed by atoms with Gasteiger partial charge in [-0.2, -0.15) is 0 Å². The summed E-state index contributed by atoms with van der Waals surface area (Å²) in [6, 6.07) is 6.27. The molecule has 0 aliphatic rings. The van der Waals surface area contributed by atoms with Crippen LogP contribution in [0.25, 0.3) is 0 Å². The fraction of sp³-hybridized carbons (Fsp3) is 0.167. The Balaban J connectivity index is 2.36. The summed E-state index contributed by atoms with van der Waals surface area (Å²) in [6.45, 7) is 1.67. The maximum absolute atomic E-state index is 11.3. The summed E-state index contributed by atoms with van der Waals surface area (Å²) in [5.41, 5.74) is 5.94. The van der Waals surface area contributed by atoms with Crippen molar-refractivity contribution < 1.29 is 9.47 Å². The molecule has 0 radical (unpaired) electrons. The molecule has 3 N–H and O–H groups in total. The van der Waals surface area contributed by atoms with E-state index in [0.717, 1.165) is 0 Å². The number of nitrogens with one attached hydrogen (secondary N) is 1. The van der Waals surface area contributed by atoms with Gasteiger partial charge >= 0.3 is 0 Å². The standard InChI is InChI=1S/C12H13N3O3/c1-7-14-11(16)6-12(15-7)18-10-5-8(17-2)3-4-9(10)13/h3-6H,13H2,1-2H3,(H,14,15,16). The van der Waals surface area contributed by atoms with Crippen LogP contribution in [-0.2, 0) is 0 Å². The van der Waals surface area contributed by atoms with E-state index >= 15 is 0 Å². The van der Waals surface area contributed by atoms with Crippen molar-refractivity contribution in [2.75, 3.05) is 12.8 Å². The lowest BCUT2D eigenvalue weighted by atomic mass is 10.3. The number of ether oxygens (including phenoxy) is 2. The average Bonchev–Trinajstić information content (AvgIpc) is 2.30. The molecule has 0 atom stereocenters. The van der Waals surface area contributed by atoms with Crippen molar-refractivity contribution in [1.29, 1.82) is 0 Å². The number of nitrogens with zero attached hydrogens (tertiary/aromatic N) is 1. The minimum atomic E-state index is -0.279. The molecule has 0 saturated carbocycles. The number of nitrogens with two attached hydrogens (primary N) is 1. The number of hydrogen-bond donors (Lipinski definition) is 2. The molecule has 18 heavy (non-hydrogen) atoms. The van der Waals surface area contributed by atoms with E-state index in [2.05, 4.69) is 9.97 Å². The van der Waals surface area contributed by atoms with Crippen molar-refractivity contribution in [3.8, 4) is 17.4 Å². The molecule has 0 spiro atoms. The molecule has 0 amide bonds. The van der Waals surface area contributed by atoms with Crippen molar-refractivity contribution in [2.45, 2.75) is 6.92 Å². The zero-order valence-corrected chi connectivity index (χ0v) is 10.1. The molecule has 2 rings (SSSR count). The summed E-state index contributed by atoms with van der Waals surface area (Å²) in [5.74, 6) is 1.67. The molecule has 6 nitrogen and oxygen atoms in total. The van der Waals surface area contributed by atoms with E-state index in [4.69, 9.17) is 15.2 Å². The van der Waals surface area contributed by atoms with Crippen LogP contribution in [-0.4, -0.2) is 17.1 Å². The minimum absolute atomic E-state index is 0.191. The van der Waals surface area contributed by atoms with Crippen LogP contribution < -0.4 is 20.8 Å². The van der Waals surface area contributed by atoms with Gasteiger partial charge in [0.05, 0.1) is 18.9 Å². The number of aromatic nitrogens is 2. The summed E-state index contributed by atoms with van der Waals surface area (Å²) in [6.07, 6.45) is 0. The van der Waals surface area contributed by atoms with E-state index in [1.807, 2.05) is 0 Å². The number of nitrogen functional groups attached to an aromatic ring is 1. The predicted octanol–water partition coefficient (Wildman–Crippen LogP) is 1.46. The van der Waals surface area contributed by atoms with Gasteiger partial charge in [0.25, 0.3) is 5.56 Å². The first kappa shape index (κ1) is 12.0. The number of benzene rings is 1. The maximum atomic E-state index is 11.3. The van der Waals surface area contributed by atoms with Gasteiger partial charge in [0.15, 0.2) is 5.75 Å². The Bertz CT molecular complexity index is 622. The van der Waals surface area contributed by atoms with E-state index in [-0.39, 0.29) is 11.4 Å². The number of hydrogen-bond acceptors (Lipinski definition) is 5. The van der Waals surface area contributed by atoms with Crippen LogP contribution in [0.1, 0.15) is 5.82 Å². The summed E-state index contributed by atoms with van der Waals surface area (Å²) in [5, 5.41) is 0. The highest BCUT2D eigenvalue weighted by atomic mass is 16.5. The van der Waals surface area contributed by atoms with Gasteiger partial charge in [-0.25, -0.2) is 4.98 Å². The highest BCUT2D eigenvalue weighted by Crippen LogP contribution is 2.29. The third kappa shape index (κ3) is 2.60. The van der Waals surface area contributed by atoms with Crippen LogP contribution >= 0.6 is 0 Å². The van der Waals surface area contributed by atoms with E-state index in [0.29, 0.717) is 23.0 Å². The van der Waals surface area contributed by atoms with Crippen LogP contribution in [0.2, 0.25) is 0 Å². The largest absolute Gasteiger partial charge is 0.497 e. The first-order valence-corrected chi connectivity index (χ1v) is 5.28. The van der Waals surface area contributed by atoms with Crippen molar-refractivity contribution in [3.05, 3.63) is 40.4 Å². The lowest BCUT2D eigenvalue weighted by molar-refractivity contribution is 0.407. The first-order chi connectivity index (χ1) is 8.58. The van der Waals surface area contributed by atoms with Gasteiger partial charge < -0.3 is 20.2 Å². The molecule has 0 aliphatic heterocycles. The Morgan fingerprint density at radius 3 is 2.78 bits per heavy atom. The Hall–Kier alpha value is -2.50. The molecule has 0 fully saturated rings. The molecule has 0 bridgehead atoms. The maximum Gasteiger partial charge on any atom is 0.254 e. The molecule has 0 unspecified atom stereocenters. The fourth-order valence-electron chi connectivity index (χ4n) is 1.45. The van der Waals surface area contributed by atoms with Crippen molar-refractivity contribution in [1.82, 2.24) is 9.97 Å². The topological polar surface area (TPSA) is 90.2 Å². The SMILES string of the molecule is COc1ccc(N)c(Oc2cc(=O)[nH]c(C)n2)c1. The highest BCUT2D eigenvalue weighted by molar-refractivity contribution is 5.56. The molecule has 94 valence electrons. The molecular weight excluding hydrogens is 234 g/mol. The molecule has 2 aromatic rings. The Morgan fingerprint density at radius 2 is 2.11 bits per heavy atom. The van der Waals surface area contributed by atoms with Gasteiger partial charge in [-0.1, -0.05) is 0 Å². The van der Waals surface area contributed by atoms with Crippen LogP contribution in [0.4, 0.5) is 5.69 Å². The van der Waals surface area contributed by atoms with E-state index in [1.54, 1.807) is 32.2 Å². The summed E-state index contributed by atoms with van der Waals surface area (Å²) in [4.78, 5) is 17.9. The van der Waals surface area contributed by atoms with Gasteiger partial charge in [0, 0.05) is 6.07 Å². The van der Waals surface area contributed by atoms with E-state index in [9.17, 15) is 4.79 Å². The van der Waals surface area contributed by atoms with Crippen LogP contribution in [0.15, 0.2) is 29.1 Å². The molecule has 1 heterocycles. The zero-order chi connectivity index (χ0) is 13.1. The van der Waals surface area contributed by atoms with Gasteiger partial charge in [0.1, 0.15) is 11.6 Å². The summed E-state index contributed by atoms with van der Waals surface area (Å²) >= 11 is 0. The number of aryl methyl sites for hydroxylation is 1. The first-order valence-electron chi connectivity index (χ1n) is 5.28. The van der Waals surface area contributed by atoms with Crippen LogP contribution in [0, 0.1) is 6.92 Å². The smallest absolute Gasteiger partial charge is 0.254 e. The van der Waals surface area contributed by atoms with Crippen molar-refractivity contribution in [3.63, 3.8) is 0 Å². The number of H-pyrrole nitrogens is 1. The third-order valence-electron chi connectivity index (χ3n) is 2.27. The quantitative estimate of drug-likeness (QED) is 0.801. The minimum Gasteiger partial charge on any atom is -0.497 e. The highest BCUT2D eigenvalue weighted by Gasteiger charge is 2.06. The van der Waals surface area contributed by atoms with Crippen molar-refractivity contribution >= 4 is 5.69 Å². The molecule has 1 aromatic heterocycles. The van der Waals surface area contributed by atoms with E-state index < -0.39 is 0 Å². The Kier molecular flexibility index (Phi) is 3.18. The lowest BCUT2D eigenvalue weighted by Crippen LogP contribution is -2.08. The van der Waals surface area contributed by atoms with Crippen LogP contribution in [0.3, 0.4) is 0 Å². The van der Waals surface area contributed by atoms with Gasteiger partial charge in [-0.05, 0) is 19.1 Å². The molecule has 6 heteroatoms. The average molecular weight is 247 g/mol. The van der Waals surface area contributed by atoms with Crippen LogP contribution in [0.5, 0.6) is 17.4 Å². The molecular formula is C12H13N3O3. The number of rotatable bonds is 3. The summed E-state index contributed by atoms with van der Waals surface area (Å²) < 4.78 is 10.5. The second kappa shape index (κ2) is 4.79. The Labute approximate surface area is 103 Å². The summed E-state index contributed by atoms with van der Waals surface area (Å²) in [7, 11) is 1.55. The third-order valence-corrected chi connectivity index (χ3v) is 2.27. The molecule has 0 saturated heterocycles. The number of anilines is 1. The normalized spacial score (nSPS) is 10.1. The lowest BCUT2D eigenvalue weighted by Gasteiger charge is -2.09. The Morgan fingerprint density at radius 1 is 1.33 bits per heavy atom. The number of aromatic amines is 1. The molecule has 0 aliphatic carbocycles. The van der Waals surface area contributed by atoms with Gasteiger partial charge in [-0.3, -0.25) is 4.79 Å². The van der Waals surface area contributed by atoms with Crippen molar-refractivity contribution in [2.24, 2.45) is 0 Å². The molecule has 1 aromatic carbocycles. The number of methoxy groups -OCH3 is 1. The van der Waals surface area contributed by atoms with Gasteiger partial charge in [-0.15, -0.1) is 0 Å². The van der Waals surface area contributed by atoms with E-state index in [1.165, 1.54) is 6.07 Å². The predicted molar refractivity (Wildman–Crippen MR) is 67.1 cm³/mol.